The molecule has 1 aromatic rings. The van der Waals surface area contributed by atoms with Crippen molar-refractivity contribution in [1.82, 2.24) is 0 Å². The highest BCUT2D eigenvalue weighted by atomic mass is 79.9. The van der Waals surface area contributed by atoms with Crippen molar-refractivity contribution in [2.45, 2.75) is 19.4 Å². The molecule has 0 aromatic heterocycles. The van der Waals surface area contributed by atoms with Crippen LogP contribution in [0.3, 0.4) is 0 Å². The van der Waals surface area contributed by atoms with Crippen LogP contribution >= 0.6 is 32.9 Å². The van der Waals surface area contributed by atoms with Gasteiger partial charge in [0.1, 0.15) is 0 Å². The van der Waals surface area contributed by atoms with Gasteiger partial charge >= 0.3 is 0 Å². The van der Waals surface area contributed by atoms with Gasteiger partial charge in [0.25, 0.3) is 0 Å². The second kappa shape index (κ2) is 4.71. The molecule has 2 rings (SSSR count). The molecule has 1 nitrogen and oxygen atoms in total. The fourth-order valence-electron chi connectivity index (χ4n) is 1.88. The molecule has 1 N–H and O–H groups in total. The fourth-order valence-corrected chi connectivity index (χ4v) is 2.34. The first kappa shape index (κ1) is 12.8. The molecule has 1 heterocycles. The first-order valence-corrected chi connectivity index (χ1v) is 5.90. The third-order valence-electron chi connectivity index (χ3n) is 2.41. The van der Waals surface area contributed by atoms with E-state index in [-0.39, 0.29) is 22.5 Å². The second-order valence-electron chi connectivity index (χ2n) is 4.20. The summed E-state index contributed by atoms with van der Waals surface area (Å²) in [6, 6.07) is 8.44. The Bertz CT molecular complexity index is 383. The highest BCUT2D eigenvalue weighted by molar-refractivity contribution is 9.09. The maximum atomic E-state index is 3.54. The molecule has 0 spiro atoms. The third kappa shape index (κ3) is 2.64. The van der Waals surface area contributed by atoms with E-state index in [1.54, 1.807) is 0 Å². The summed E-state index contributed by atoms with van der Waals surface area (Å²) in [6.45, 7) is 4.37. The monoisotopic (exact) mass is 331 g/mol. The SMILES string of the molecule is Br.CC1(C)C=C(CBr)c2ccccc2N1. The van der Waals surface area contributed by atoms with Gasteiger partial charge in [-0.15, -0.1) is 17.0 Å². The fraction of sp³-hybridized carbons (Fsp3) is 0.333. The van der Waals surface area contributed by atoms with Crippen molar-refractivity contribution in [3.63, 3.8) is 0 Å². The average molecular weight is 333 g/mol. The zero-order chi connectivity index (χ0) is 10.2. The third-order valence-corrected chi connectivity index (χ3v) is 3.01. The summed E-state index contributed by atoms with van der Waals surface area (Å²) in [5.41, 5.74) is 3.96. The minimum Gasteiger partial charge on any atom is -0.376 e. The number of allylic oxidation sites excluding steroid dienone is 1. The van der Waals surface area contributed by atoms with E-state index in [0.717, 1.165) is 5.33 Å². The predicted molar refractivity (Wildman–Crippen MR) is 76.2 cm³/mol. The van der Waals surface area contributed by atoms with Crippen molar-refractivity contribution in [3.8, 4) is 0 Å². The van der Waals surface area contributed by atoms with E-state index in [9.17, 15) is 0 Å². The van der Waals surface area contributed by atoms with Crippen LogP contribution in [0.2, 0.25) is 0 Å². The molecule has 1 aliphatic heterocycles. The zero-order valence-electron chi connectivity index (χ0n) is 8.88. The molecular weight excluding hydrogens is 318 g/mol. The summed E-state index contributed by atoms with van der Waals surface area (Å²) in [7, 11) is 0. The van der Waals surface area contributed by atoms with Crippen LogP contribution in [0.5, 0.6) is 0 Å². The summed E-state index contributed by atoms with van der Waals surface area (Å²) in [5, 5.41) is 4.42. The molecule has 0 fully saturated rings. The summed E-state index contributed by atoms with van der Waals surface area (Å²) < 4.78 is 0. The number of rotatable bonds is 1. The van der Waals surface area contributed by atoms with Crippen LogP contribution in [0.1, 0.15) is 19.4 Å². The number of halogens is 2. The van der Waals surface area contributed by atoms with Gasteiger partial charge in [-0.3, -0.25) is 0 Å². The Morgan fingerprint density at radius 2 is 1.93 bits per heavy atom. The number of anilines is 1. The van der Waals surface area contributed by atoms with Gasteiger partial charge < -0.3 is 5.32 Å². The Morgan fingerprint density at radius 3 is 2.60 bits per heavy atom. The quantitative estimate of drug-likeness (QED) is 0.758. The average Bonchev–Trinajstić information content (AvgIpc) is 2.15. The summed E-state index contributed by atoms with van der Waals surface area (Å²) in [6.07, 6.45) is 2.28. The van der Waals surface area contributed by atoms with Crippen LogP contribution in [0.15, 0.2) is 30.3 Å². The smallest absolute Gasteiger partial charge is 0.0506 e. The molecule has 0 atom stereocenters. The van der Waals surface area contributed by atoms with Gasteiger partial charge in [-0.05, 0) is 25.5 Å². The minimum atomic E-state index is 0. The first-order valence-electron chi connectivity index (χ1n) is 4.78. The van der Waals surface area contributed by atoms with E-state index in [1.807, 2.05) is 0 Å². The van der Waals surface area contributed by atoms with Crippen molar-refractivity contribution in [2.24, 2.45) is 0 Å². The molecular formula is C12H15Br2N. The minimum absolute atomic E-state index is 0. The molecule has 1 aromatic carbocycles. The molecule has 0 unspecified atom stereocenters. The molecule has 0 radical (unpaired) electrons. The largest absolute Gasteiger partial charge is 0.376 e. The van der Waals surface area contributed by atoms with Gasteiger partial charge in [-0.2, -0.15) is 0 Å². The van der Waals surface area contributed by atoms with Gasteiger partial charge in [0.2, 0.25) is 0 Å². The van der Waals surface area contributed by atoms with E-state index >= 15 is 0 Å². The van der Waals surface area contributed by atoms with Crippen molar-refractivity contribution in [2.75, 3.05) is 10.6 Å². The van der Waals surface area contributed by atoms with Gasteiger partial charge in [0.05, 0.1) is 5.54 Å². The van der Waals surface area contributed by atoms with Crippen molar-refractivity contribution in [1.29, 1.82) is 0 Å². The van der Waals surface area contributed by atoms with Crippen molar-refractivity contribution < 1.29 is 0 Å². The molecule has 0 bridgehead atoms. The lowest BCUT2D eigenvalue weighted by atomic mass is 9.91. The number of benzene rings is 1. The molecule has 15 heavy (non-hydrogen) atoms. The number of hydrogen-bond acceptors (Lipinski definition) is 1. The summed E-state index contributed by atoms with van der Waals surface area (Å²) >= 11 is 3.54. The Labute approximate surface area is 110 Å². The second-order valence-corrected chi connectivity index (χ2v) is 4.76. The maximum Gasteiger partial charge on any atom is 0.0506 e. The van der Waals surface area contributed by atoms with Crippen LogP contribution in [-0.2, 0) is 0 Å². The highest BCUT2D eigenvalue weighted by Gasteiger charge is 2.22. The lowest BCUT2D eigenvalue weighted by Gasteiger charge is -2.31. The Morgan fingerprint density at radius 1 is 1.27 bits per heavy atom. The Balaban J connectivity index is 0.00000112. The molecule has 82 valence electrons. The van der Waals surface area contributed by atoms with E-state index in [4.69, 9.17) is 0 Å². The number of para-hydroxylation sites is 1. The predicted octanol–water partition coefficient (Wildman–Crippen LogP) is 4.25. The van der Waals surface area contributed by atoms with Crippen LogP contribution in [0.4, 0.5) is 5.69 Å². The zero-order valence-corrected chi connectivity index (χ0v) is 12.2. The van der Waals surface area contributed by atoms with E-state index < -0.39 is 0 Å². The molecule has 0 saturated carbocycles. The maximum absolute atomic E-state index is 3.54. The molecule has 3 heteroatoms. The Hall–Kier alpha value is -0.280. The lowest BCUT2D eigenvalue weighted by molar-refractivity contribution is 0.708. The number of nitrogens with one attached hydrogen (secondary N) is 1. The normalized spacial score (nSPS) is 16.9. The van der Waals surface area contributed by atoms with Crippen molar-refractivity contribution >= 4 is 44.2 Å². The molecule has 0 saturated heterocycles. The van der Waals surface area contributed by atoms with Crippen LogP contribution in [0, 0.1) is 0 Å². The molecule has 0 amide bonds. The van der Waals surface area contributed by atoms with Crippen molar-refractivity contribution in [3.05, 3.63) is 35.9 Å². The van der Waals surface area contributed by atoms with E-state index in [2.05, 4.69) is 65.4 Å². The van der Waals surface area contributed by atoms with Gasteiger partial charge in [-0.25, -0.2) is 0 Å². The van der Waals surface area contributed by atoms with Gasteiger partial charge in [0.15, 0.2) is 0 Å². The van der Waals surface area contributed by atoms with Crippen LogP contribution in [-0.4, -0.2) is 10.9 Å². The number of hydrogen-bond donors (Lipinski definition) is 1. The molecule has 1 aliphatic rings. The summed E-state index contributed by atoms with van der Waals surface area (Å²) in [5.74, 6) is 0. The number of fused-ring (bicyclic) bond motifs is 1. The first-order chi connectivity index (χ1) is 6.62. The van der Waals surface area contributed by atoms with Crippen LogP contribution in [0.25, 0.3) is 5.57 Å². The molecule has 0 aliphatic carbocycles. The summed E-state index contributed by atoms with van der Waals surface area (Å²) in [4.78, 5) is 0. The van der Waals surface area contributed by atoms with Crippen LogP contribution < -0.4 is 5.32 Å². The Kier molecular flexibility index (Phi) is 4.01. The van der Waals surface area contributed by atoms with Gasteiger partial charge in [0, 0.05) is 16.6 Å². The highest BCUT2D eigenvalue weighted by Crippen LogP contribution is 2.34. The van der Waals surface area contributed by atoms with E-state index in [1.165, 1.54) is 16.8 Å². The standard InChI is InChI=1S/C12H14BrN.BrH/c1-12(2)7-9(8-13)10-5-3-4-6-11(10)14-12;/h3-7,14H,8H2,1-2H3;1H. The lowest BCUT2D eigenvalue weighted by Crippen LogP contribution is -2.31. The number of alkyl halides is 1. The van der Waals surface area contributed by atoms with E-state index in [0.29, 0.717) is 0 Å². The topological polar surface area (TPSA) is 12.0 Å². The van der Waals surface area contributed by atoms with Gasteiger partial charge in [-0.1, -0.05) is 40.2 Å².